The van der Waals surface area contributed by atoms with Crippen molar-refractivity contribution in [1.29, 1.82) is 5.41 Å². The first kappa shape index (κ1) is 26.3. The second kappa shape index (κ2) is 12.9. The van der Waals surface area contributed by atoms with Gasteiger partial charge < -0.3 is 20.9 Å². The summed E-state index contributed by atoms with van der Waals surface area (Å²) in [5.74, 6) is -0.449. The van der Waals surface area contributed by atoms with Gasteiger partial charge in [-0.25, -0.2) is 0 Å². The first-order chi connectivity index (χ1) is 16.3. The molecule has 34 heavy (non-hydrogen) atoms. The number of nitrogens with one attached hydrogen (secondary N) is 3. The average Bonchev–Trinajstić information content (AvgIpc) is 3.23. The predicted molar refractivity (Wildman–Crippen MR) is 138 cm³/mol. The molecule has 0 aliphatic heterocycles. The molecular weight excluding hydrogens is 452 g/mol. The topological polar surface area (TPSA) is 135 Å². The number of nitrogens with zero attached hydrogens (tertiary/aromatic N) is 1. The molecule has 178 valence electrons. The second-order valence-corrected chi connectivity index (χ2v) is 8.60. The number of hydrogen-bond acceptors (Lipinski definition) is 7. The zero-order chi connectivity index (χ0) is 25.1. The van der Waals surface area contributed by atoms with Crippen molar-refractivity contribution in [1.82, 2.24) is 0 Å². The molecule has 0 fully saturated rings. The third-order valence-electron chi connectivity index (χ3n) is 4.65. The van der Waals surface area contributed by atoms with Crippen molar-refractivity contribution in [2.75, 3.05) is 10.7 Å². The molecule has 2 aromatic carbocycles. The van der Waals surface area contributed by atoms with Gasteiger partial charge >= 0.3 is 0 Å². The SMILES string of the molecule is CCCc1ccc(NC(=O)/C(=N\Nc2cccc(-c3ccc(C)s3)c2O)C(C)=N)cc1.O=CO. The fraction of sp³-hybridized carbons (Fsp3) is 0.200. The lowest BCUT2D eigenvalue weighted by Gasteiger charge is -2.11. The number of rotatable bonds is 8. The minimum absolute atomic E-state index is 0.0112. The average molecular weight is 481 g/mol. The van der Waals surface area contributed by atoms with Crippen LogP contribution < -0.4 is 10.7 Å². The summed E-state index contributed by atoms with van der Waals surface area (Å²) in [5.41, 5.74) is 5.58. The Morgan fingerprint density at radius 2 is 1.82 bits per heavy atom. The summed E-state index contributed by atoms with van der Waals surface area (Å²) in [6.45, 7) is 5.37. The smallest absolute Gasteiger partial charge is 0.290 e. The van der Waals surface area contributed by atoms with Gasteiger partial charge in [0.05, 0.1) is 11.4 Å². The highest BCUT2D eigenvalue weighted by atomic mass is 32.1. The van der Waals surface area contributed by atoms with E-state index < -0.39 is 5.91 Å². The standard InChI is InChI=1S/C24H26N4O2S.CH2O2/c1-4-6-17-10-12-18(13-11-17)26-24(30)22(16(3)25)28-27-20-8-5-7-19(23(20)29)21-14-9-15(2)31-21;2-1-3/h5,7-14,25,27,29H,4,6H2,1-3H3,(H,26,30);1H,(H,2,3)/b25-16?,28-22-;. The molecule has 0 radical (unpaired) electrons. The van der Waals surface area contributed by atoms with Gasteiger partial charge in [-0.15, -0.1) is 11.3 Å². The molecule has 3 rings (SSSR count). The molecule has 1 heterocycles. The number of carbonyl (C=O) groups excluding carboxylic acids is 1. The maximum Gasteiger partial charge on any atom is 0.290 e. The predicted octanol–water partition coefficient (Wildman–Crippen LogP) is 5.53. The number of carboxylic acid groups (broad SMARTS) is 1. The highest BCUT2D eigenvalue weighted by Crippen LogP contribution is 2.38. The molecule has 0 atom stereocenters. The molecule has 0 aliphatic rings. The van der Waals surface area contributed by atoms with Crippen LogP contribution in [0.25, 0.3) is 10.4 Å². The van der Waals surface area contributed by atoms with Crippen LogP contribution in [0.15, 0.2) is 59.7 Å². The van der Waals surface area contributed by atoms with Gasteiger partial charge in [0.2, 0.25) is 0 Å². The third kappa shape index (κ3) is 7.28. The number of benzene rings is 2. The first-order valence-electron chi connectivity index (χ1n) is 10.6. The van der Waals surface area contributed by atoms with Crippen LogP contribution in [0.5, 0.6) is 5.75 Å². The quantitative estimate of drug-likeness (QED) is 0.125. The van der Waals surface area contributed by atoms with Crippen molar-refractivity contribution in [3.05, 3.63) is 65.0 Å². The molecule has 8 nitrogen and oxygen atoms in total. The summed E-state index contributed by atoms with van der Waals surface area (Å²) in [7, 11) is 0. The van der Waals surface area contributed by atoms with Crippen LogP contribution in [-0.4, -0.2) is 34.0 Å². The maximum atomic E-state index is 12.7. The molecule has 0 bridgehead atoms. The highest BCUT2D eigenvalue weighted by molar-refractivity contribution is 7.15. The van der Waals surface area contributed by atoms with E-state index in [0.717, 1.165) is 22.6 Å². The van der Waals surface area contributed by atoms with Gasteiger partial charge in [-0.2, -0.15) is 5.10 Å². The molecule has 9 heteroatoms. The number of aromatic hydroxyl groups is 1. The van der Waals surface area contributed by atoms with Crippen LogP contribution in [0.4, 0.5) is 11.4 Å². The summed E-state index contributed by atoms with van der Waals surface area (Å²) in [6, 6.07) is 16.9. The number of phenols is 1. The lowest BCUT2D eigenvalue weighted by molar-refractivity contribution is -0.122. The molecular formula is C25H28N4O4S. The Hall–Kier alpha value is -3.98. The summed E-state index contributed by atoms with van der Waals surface area (Å²) >= 11 is 1.58. The molecule has 0 saturated carbocycles. The Morgan fingerprint density at radius 3 is 2.38 bits per heavy atom. The van der Waals surface area contributed by atoms with E-state index in [4.69, 9.17) is 15.3 Å². The maximum absolute atomic E-state index is 12.7. The lowest BCUT2D eigenvalue weighted by atomic mass is 10.1. The van der Waals surface area contributed by atoms with E-state index in [0.29, 0.717) is 16.9 Å². The Balaban J connectivity index is 0.00000129. The zero-order valence-electron chi connectivity index (χ0n) is 19.3. The van der Waals surface area contributed by atoms with Gasteiger partial charge in [0, 0.05) is 21.0 Å². The second-order valence-electron chi connectivity index (χ2n) is 7.32. The van der Waals surface area contributed by atoms with Gasteiger partial charge in [-0.05, 0) is 62.2 Å². The molecule has 0 saturated heterocycles. The molecule has 1 amide bonds. The van der Waals surface area contributed by atoms with E-state index in [1.165, 1.54) is 12.5 Å². The summed E-state index contributed by atoms with van der Waals surface area (Å²) in [6.07, 6.45) is 2.04. The fourth-order valence-corrected chi connectivity index (χ4v) is 3.96. The van der Waals surface area contributed by atoms with E-state index in [1.54, 1.807) is 23.5 Å². The summed E-state index contributed by atoms with van der Waals surface area (Å²) < 4.78 is 0. The molecule has 0 unspecified atom stereocenters. The number of anilines is 2. The number of aryl methyl sites for hydroxylation is 2. The number of carbonyl (C=O) groups is 2. The van der Waals surface area contributed by atoms with Crippen LogP contribution in [0.3, 0.4) is 0 Å². The lowest BCUT2D eigenvalue weighted by Crippen LogP contribution is -2.29. The number of amides is 1. The van der Waals surface area contributed by atoms with Crippen molar-refractivity contribution in [3.63, 3.8) is 0 Å². The van der Waals surface area contributed by atoms with Crippen molar-refractivity contribution in [3.8, 4) is 16.2 Å². The first-order valence-corrected chi connectivity index (χ1v) is 11.4. The zero-order valence-corrected chi connectivity index (χ0v) is 20.1. The van der Waals surface area contributed by atoms with Crippen molar-refractivity contribution < 1.29 is 19.8 Å². The van der Waals surface area contributed by atoms with Gasteiger partial charge in [0.25, 0.3) is 12.4 Å². The molecule has 1 aromatic heterocycles. The van der Waals surface area contributed by atoms with E-state index in [9.17, 15) is 9.90 Å². The van der Waals surface area contributed by atoms with Crippen molar-refractivity contribution >= 4 is 46.5 Å². The van der Waals surface area contributed by atoms with E-state index in [2.05, 4.69) is 22.8 Å². The van der Waals surface area contributed by atoms with Gasteiger partial charge in [-0.1, -0.05) is 31.5 Å². The van der Waals surface area contributed by atoms with E-state index >= 15 is 0 Å². The summed E-state index contributed by atoms with van der Waals surface area (Å²) in [4.78, 5) is 23.1. The van der Waals surface area contributed by atoms with Gasteiger partial charge in [-0.3, -0.25) is 15.0 Å². The minimum Gasteiger partial charge on any atom is -0.505 e. The van der Waals surface area contributed by atoms with Gasteiger partial charge in [0.15, 0.2) is 5.71 Å². The molecule has 5 N–H and O–H groups in total. The van der Waals surface area contributed by atoms with Crippen LogP contribution >= 0.6 is 11.3 Å². The molecule has 0 aliphatic carbocycles. The van der Waals surface area contributed by atoms with Crippen molar-refractivity contribution in [2.45, 2.75) is 33.6 Å². The largest absolute Gasteiger partial charge is 0.505 e. The minimum atomic E-state index is -0.493. The Bertz CT molecular complexity index is 1170. The van der Waals surface area contributed by atoms with Crippen LogP contribution in [-0.2, 0) is 16.0 Å². The van der Waals surface area contributed by atoms with E-state index in [-0.39, 0.29) is 23.6 Å². The van der Waals surface area contributed by atoms with Crippen LogP contribution in [0.1, 0.15) is 30.7 Å². The Morgan fingerprint density at radius 1 is 1.15 bits per heavy atom. The fourth-order valence-electron chi connectivity index (χ4n) is 3.07. The summed E-state index contributed by atoms with van der Waals surface area (Å²) in [5, 5.41) is 32.4. The Kier molecular flexibility index (Phi) is 9.97. The van der Waals surface area contributed by atoms with Crippen molar-refractivity contribution in [2.24, 2.45) is 5.10 Å². The molecule has 3 aromatic rings. The molecule has 0 spiro atoms. The monoisotopic (exact) mass is 480 g/mol. The third-order valence-corrected chi connectivity index (χ3v) is 5.68. The number of hydrazone groups is 1. The number of para-hydroxylation sites is 1. The Labute approximate surface area is 202 Å². The van der Waals surface area contributed by atoms with E-state index in [1.807, 2.05) is 49.4 Å². The van der Waals surface area contributed by atoms with Gasteiger partial charge in [0.1, 0.15) is 5.75 Å². The van der Waals surface area contributed by atoms with Crippen LogP contribution in [0.2, 0.25) is 0 Å². The number of hydrogen-bond donors (Lipinski definition) is 5. The number of phenolic OH excluding ortho intramolecular Hbond substituents is 1. The normalized spacial score (nSPS) is 10.6. The highest BCUT2D eigenvalue weighted by Gasteiger charge is 2.16. The van der Waals surface area contributed by atoms with Crippen LogP contribution in [0, 0.1) is 12.3 Å². The number of thiophene rings is 1.